The number of alkyl halides is 1. The monoisotopic (exact) mass is 530 g/mol. The van der Waals surface area contributed by atoms with Crippen molar-refractivity contribution in [3.05, 3.63) is 20.7 Å². The van der Waals surface area contributed by atoms with Crippen molar-refractivity contribution in [3.8, 4) is 0 Å². The van der Waals surface area contributed by atoms with Gasteiger partial charge in [0.25, 0.3) is 5.91 Å². The first kappa shape index (κ1) is 24.4. The highest BCUT2D eigenvalue weighted by atomic mass is 79.9. The summed E-state index contributed by atoms with van der Waals surface area (Å²) in [5.74, 6) is 0.344. The third kappa shape index (κ3) is 5.97. The van der Waals surface area contributed by atoms with Gasteiger partial charge in [-0.05, 0) is 56.5 Å². The second kappa shape index (κ2) is 9.74. The van der Waals surface area contributed by atoms with E-state index in [1.807, 2.05) is 11.8 Å². The molecule has 3 heterocycles. The molecule has 0 spiro atoms. The Balaban J connectivity index is 1.71. The van der Waals surface area contributed by atoms with E-state index < -0.39 is 23.9 Å². The van der Waals surface area contributed by atoms with Crippen molar-refractivity contribution in [2.24, 2.45) is 7.05 Å². The van der Waals surface area contributed by atoms with Crippen LogP contribution in [0.4, 0.5) is 20.7 Å². The zero-order valence-electron chi connectivity index (χ0n) is 18.7. The Morgan fingerprint density at radius 1 is 1.31 bits per heavy atom. The average Bonchev–Trinajstić information content (AvgIpc) is 3.14. The van der Waals surface area contributed by atoms with Gasteiger partial charge in [0, 0.05) is 25.0 Å². The molecule has 0 unspecified atom stereocenters. The van der Waals surface area contributed by atoms with Crippen LogP contribution in [0.5, 0.6) is 0 Å². The summed E-state index contributed by atoms with van der Waals surface area (Å²) >= 11 is 4.68. The third-order valence-electron chi connectivity index (χ3n) is 4.96. The number of carbonyl (C=O) groups excluding carboxylic acids is 2. The summed E-state index contributed by atoms with van der Waals surface area (Å²) in [5.41, 5.74) is 0.215. The summed E-state index contributed by atoms with van der Waals surface area (Å²) in [5, 5.41) is 9.80. The molecule has 0 saturated carbocycles. The van der Waals surface area contributed by atoms with Crippen molar-refractivity contribution in [1.82, 2.24) is 20.1 Å². The quantitative estimate of drug-likeness (QED) is 0.618. The Hall–Kier alpha value is -2.21. The fourth-order valence-electron chi connectivity index (χ4n) is 3.55. The number of hydrogen-bond acceptors (Lipinski definition) is 7. The normalized spacial score (nSPS) is 19.4. The van der Waals surface area contributed by atoms with Crippen LogP contribution in [0.2, 0.25) is 0 Å². The lowest BCUT2D eigenvalue weighted by atomic mass is 10.1. The van der Waals surface area contributed by atoms with E-state index in [0.29, 0.717) is 40.6 Å². The summed E-state index contributed by atoms with van der Waals surface area (Å²) in [6.45, 7) is 8.01. The number of thiazole rings is 1. The van der Waals surface area contributed by atoms with Crippen LogP contribution in [-0.4, -0.2) is 57.7 Å². The lowest BCUT2D eigenvalue weighted by Gasteiger charge is -2.25. The number of aromatic nitrogens is 3. The minimum atomic E-state index is -1.21. The number of alkyl carbamates (subject to hydrolysis) is 1. The largest absolute Gasteiger partial charge is 0.444 e. The number of rotatable bonds is 4. The molecule has 1 aliphatic heterocycles. The maximum absolute atomic E-state index is 14.8. The van der Waals surface area contributed by atoms with Crippen molar-refractivity contribution in [2.75, 3.05) is 23.3 Å². The van der Waals surface area contributed by atoms with E-state index in [9.17, 15) is 14.0 Å². The maximum atomic E-state index is 14.8. The van der Waals surface area contributed by atoms with E-state index >= 15 is 0 Å². The van der Waals surface area contributed by atoms with Gasteiger partial charge in [0.2, 0.25) is 0 Å². The third-order valence-corrected chi connectivity index (χ3v) is 6.39. The molecule has 0 bridgehead atoms. The van der Waals surface area contributed by atoms with Crippen LogP contribution < -0.4 is 15.5 Å². The molecule has 9 nitrogen and oxygen atoms in total. The molecule has 2 atom stereocenters. The van der Waals surface area contributed by atoms with Crippen LogP contribution in [0, 0.1) is 6.92 Å². The molecule has 2 aromatic rings. The van der Waals surface area contributed by atoms with Gasteiger partial charge in [-0.25, -0.2) is 14.2 Å². The van der Waals surface area contributed by atoms with Crippen LogP contribution in [0.1, 0.15) is 49.0 Å². The minimum absolute atomic E-state index is 0.219. The number of carbonyl (C=O) groups is 2. The number of nitrogens with zero attached hydrogens (tertiary/aromatic N) is 4. The zero-order valence-corrected chi connectivity index (χ0v) is 21.1. The van der Waals surface area contributed by atoms with E-state index in [1.165, 1.54) is 11.3 Å². The van der Waals surface area contributed by atoms with Crippen molar-refractivity contribution in [2.45, 2.75) is 58.4 Å². The number of aryl methyl sites for hydroxylation is 2. The molecule has 176 valence electrons. The summed E-state index contributed by atoms with van der Waals surface area (Å²) in [4.78, 5) is 31.8. The molecule has 0 aromatic carbocycles. The molecule has 2 aromatic heterocycles. The highest BCUT2D eigenvalue weighted by Crippen LogP contribution is 2.30. The highest BCUT2D eigenvalue weighted by Gasteiger charge is 2.31. The molecule has 1 fully saturated rings. The molecular formula is C20H28BrFN6O3S. The highest BCUT2D eigenvalue weighted by molar-refractivity contribution is 9.11. The SMILES string of the molecule is Cc1sc(Br)nc1C(=O)Nc1cnn(C)c1N1CC[C@H](NC(=O)OC(C)(C)C)[C@@H](F)CC1. The fourth-order valence-corrected chi connectivity index (χ4v) is 5.08. The van der Waals surface area contributed by atoms with Gasteiger partial charge < -0.3 is 20.3 Å². The number of ether oxygens (including phenoxy) is 1. The summed E-state index contributed by atoms with van der Waals surface area (Å²) in [7, 11) is 1.77. The molecule has 32 heavy (non-hydrogen) atoms. The van der Waals surface area contributed by atoms with Crippen molar-refractivity contribution in [3.63, 3.8) is 0 Å². The van der Waals surface area contributed by atoms with Gasteiger partial charge in [0.15, 0.2) is 9.73 Å². The van der Waals surface area contributed by atoms with Gasteiger partial charge in [0.1, 0.15) is 23.2 Å². The number of anilines is 2. The number of amides is 2. The molecule has 2 N–H and O–H groups in total. The lowest BCUT2D eigenvalue weighted by molar-refractivity contribution is 0.0472. The first-order chi connectivity index (χ1) is 14.9. The standard InChI is InChI=1S/C20H28BrFN6O3S/c1-11-15(26-18(21)32-11)16(29)24-14-10-23-27(5)17(14)28-8-6-12(22)13(7-9-28)25-19(30)31-20(2,3)4/h10,12-13H,6-9H2,1-5H3,(H,24,29)(H,25,30)/t12-,13-/m0/s1. The predicted octanol–water partition coefficient (Wildman–Crippen LogP) is 4.03. The van der Waals surface area contributed by atoms with Crippen molar-refractivity contribution >= 4 is 50.8 Å². The predicted molar refractivity (Wildman–Crippen MR) is 125 cm³/mol. The zero-order chi connectivity index (χ0) is 23.6. The Labute approximate surface area is 198 Å². The fraction of sp³-hybridized carbons (Fsp3) is 0.600. The van der Waals surface area contributed by atoms with Gasteiger partial charge >= 0.3 is 6.09 Å². The molecule has 12 heteroatoms. The van der Waals surface area contributed by atoms with Crippen LogP contribution in [0.25, 0.3) is 0 Å². The van der Waals surface area contributed by atoms with E-state index in [4.69, 9.17) is 4.74 Å². The first-order valence-corrected chi connectivity index (χ1v) is 11.9. The lowest BCUT2D eigenvalue weighted by Crippen LogP contribution is -2.44. The van der Waals surface area contributed by atoms with Gasteiger partial charge in [0.05, 0.1) is 12.2 Å². The Kier molecular flexibility index (Phi) is 7.43. The topological polar surface area (TPSA) is 101 Å². The number of hydrogen-bond donors (Lipinski definition) is 2. The van der Waals surface area contributed by atoms with E-state index in [2.05, 4.69) is 36.6 Å². The van der Waals surface area contributed by atoms with E-state index in [1.54, 1.807) is 38.7 Å². The molecule has 3 rings (SSSR count). The molecule has 0 aliphatic carbocycles. The molecule has 1 saturated heterocycles. The van der Waals surface area contributed by atoms with E-state index in [0.717, 1.165) is 4.88 Å². The second-order valence-corrected chi connectivity index (χ2v) is 11.1. The number of nitrogens with one attached hydrogen (secondary N) is 2. The van der Waals surface area contributed by atoms with Crippen LogP contribution in [0.15, 0.2) is 10.1 Å². The minimum Gasteiger partial charge on any atom is -0.444 e. The Bertz CT molecular complexity index is 989. The Morgan fingerprint density at radius 3 is 2.62 bits per heavy atom. The average molecular weight is 531 g/mol. The van der Waals surface area contributed by atoms with Crippen LogP contribution in [0.3, 0.4) is 0 Å². The molecular weight excluding hydrogens is 503 g/mol. The van der Waals surface area contributed by atoms with Crippen molar-refractivity contribution < 1.29 is 18.7 Å². The van der Waals surface area contributed by atoms with Crippen molar-refractivity contribution in [1.29, 1.82) is 0 Å². The second-order valence-electron chi connectivity index (χ2n) is 8.66. The molecule has 0 radical (unpaired) electrons. The Morgan fingerprint density at radius 2 is 2.00 bits per heavy atom. The van der Waals surface area contributed by atoms with Gasteiger partial charge in [-0.2, -0.15) is 5.10 Å². The summed E-state index contributed by atoms with van der Waals surface area (Å²) in [6, 6.07) is -0.656. The summed E-state index contributed by atoms with van der Waals surface area (Å²) < 4.78 is 22.3. The van der Waals surface area contributed by atoms with Crippen LogP contribution in [-0.2, 0) is 11.8 Å². The smallest absolute Gasteiger partial charge is 0.407 e. The van der Waals surface area contributed by atoms with Gasteiger partial charge in [-0.3, -0.25) is 9.48 Å². The first-order valence-electron chi connectivity index (χ1n) is 10.3. The maximum Gasteiger partial charge on any atom is 0.407 e. The molecule has 2 amide bonds. The summed E-state index contributed by atoms with van der Waals surface area (Å²) in [6.07, 6.45) is 0.331. The van der Waals surface area contributed by atoms with Gasteiger partial charge in [-0.15, -0.1) is 11.3 Å². The van der Waals surface area contributed by atoms with Gasteiger partial charge in [-0.1, -0.05) is 0 Å². The molecule has 1 aliphatic rings. The van der Waals surface area contributed by atoms with Crippen LogP contribution >= 0.6 is 27.3 Å². The van der Waals surface area contributed by atoms with E-state index in [-0.39, 0.29) is 12.3 Å². The number of halogens is 2.